The van der Waals surface area contributed by atoms with Crippen molar-refractivity contribution >= 4 is 116 Å². The number of ether oxygens (including phenoxy) is 3. The van der Waals surface area contributed by atoms with Crippen LogP contribution in [0.5, 0.6) is 11.5 Å². The number of fused-ring (bicyclic) bond motifs is 4. The number of carbonyl (C=O) groups is 13. The Bertz CT molecular complexity index is 3440. The minimum atomic E-state index is -1.03. The highest BCUT2D eigenvalue weighted by molar-refractivity contribution is 9.10. The summed E-state index contributed by atoms with van der Waals surface area (Å²) in [5.41, 5.74) is 6.19. The third kappa shape index (κ3) is 16.7. The van der Waals surface area contributed by atoms with Gasteiger partial charge in [0.25, 0.3) is 17.7 Å². The number of nitrogens with zero attached hydrogens (tertiary/aromatic N) is 5. The lowest BCUT2D eigenvalue weighted by Gasteiger charge is -2.35. The summed E-state index contributed by atoms with van der Waals surface area (Å²) in [7, 11) is 0. The van der Waals surface area contributed by atoms with E-state index in [1.165, 1.54) is 27.5 Å². The molecule has 0 radical (unpaired) electrons. The Balaban J connectivity index is 0.000000167. The van der Waals surface area contributed by atoms with Crippen LogP contribution in [0.15, 0.2) is 72.8 Å². The highest BCUT2D eigenvalue weighted by Crippen LogP contribution is 2.38. The summed E-state index contributed by atoms with van der Waals surface area (Å²) in [5.74, 6) is -4.00. The zero-order valence-corrected chi connectivity index (χ0v) is 53.4. The predicted molar refractivity (Wildman–Crippen MR) is 328 cm³/mol. The standard InChI is InChI=1S/C19H22N2O5.C18H20N2O6.C10H14BrNO4.C9H9NO.C8H7NO2/c1-11-5-6-13-12(9-11)10-16(23)20(13)14-7-8-15(22)21(17(14)24)18(25)26-19(2,3)4;1-18(2,3)26-17(25)20-14(22)7-6-13(16(20)24)19-12-5-4-11(21)8-10(12)9-15(19)23;1-10(2,3)16-9(15)12-7(13)5-4-6(11)8(12)14;1-6-2-3-7-5-9(11)10-8(7)4-6;10-6-2-1-5-3-8(11)9-7(5)4-6/h5-6,9,14H,7-8,10H2,1-4H3;4-5,8,13,21H,6-7,9H2,1-3H3;6H,4-5H2,1-3H3;2-4H,5H2,1H3,(H,10,11);1-2,4,10H,3H2,(H,9,11). The van der Waals surface area contributed by atoms with Gasteiger partial charge in [-0.15, -0.1) is 0 Å². The molecule has 0 saturated carbocycles. The van der Waals surface area contributed by atoms with Crippen LogP contribution >= 0.6 is 15.9 Å². The van der Waals surface area contributed by atoms with E-state index in [-0.39, 0.29) is 80.1 Å². The zero-order chi connectivity index (χ0) is 66.6. The molecule has 0 bridgehead atoms. The number of halogens is 1. The number of aryl methyl sites for hydroxylation is 2. The second-order valence-electron chi connectivity index (χ2n) is 25.0. The number of likely N-dealkylation sites (tertiary alicyclic amines) is 3. The van der Waals surface area contributed by atoms with Gasteiger partial charge < -0.3 is 35.1 Å². The van der Waals surface area contributed by atoms with Gasteiger partial charge in [-0.05, 0) is 160 Å². The third-order valence-corrected chi connectivity index (χ3v) is 15.0. The molecular weight excluding hydrogens is 1230 g/mol. The van der Waals surface area contributed by atoms with E-state index < -0.39 is 87.4 Å². The molecule has 0 aliphatic carbocycles. The van der Waals surface area contributed by atoms with E-state index in [0.717, 1.165) is 33.6 Å². The van der Waals surface area contributed by atoms with Gasteiger partial charge >= 0.3 is 18.3 Å². The smallest absolute Gasteiger partial charge is 0.424 e. The van der Waals surface area contributed by atoms with Gasteiger partial charge in [0.05, 0.1) is 30.5 Å². The lowest BCUT2D eigenvalue weighted by molar-refractivity contribution is -0.150. The Labute approximate surface area is 527 Å². The number of aromatic hydroxyl groups is 2. The third-order valence-electron chi connectivity index (χ3n) is 14.1. The molecule has 4 aromatic carbocycles. The first-order valence-electron chi connectivity index (χ1n) is 28.9. The fourth-order valence-corrected chi connectivity index (χ4v) is 10.7. The van der Waals surface area contributed by atoms with Crippen LogP contribution in [0, 0.1) is 13.8 Å². The Morgan fingerprint density at radius 2 is 0.800 bits per heavy atom. The summed E-state index contributed by atoms with van der Waals surface area (Å²) < 4.78 is 15.3. The zero-order valence-electron chi connectivity index (χ0n) is 51.8. The van der Waals surface area contributed by atoms with Gasteiger partial charge in [-0.2, -0.15) is 14.7 Å². The lowest BCUT2D eigenvalue weighted by atomic mass is 10.0. The highest BCUT2D eigenvalue weighted by Gasteiger charge is 2.49. The summed E-state index contributed by atoms with van der Waals surface area (Å²) in [6, 6.07) is 19.1. The van der Waals surface area contributed by atoms with Crippen molar-refractivity contribution < 1.29 is 86.8 Å². The molecule has 13 amide bonds. The molecule has 0 aromatic heterocycles. The summed E-state index contributed by atoms with van der Waals surface area (Å²) in [4.78, 5) is 160. The molecule has 25 nitrogen and oxygen atoms in total. The topological polar surface area (TPSA) is 330 Å². The average Bonchev–Trinajstić information content (AvgIpc) is 1.54. The maximum atomic E-state index is 12.9. The molecule has 3 fully saturated rings. The van der Waals surface area contributed by atoms with Crippen molar-refractivity contribution in [2.75, 3.05) is 20.4 Å². The van der Waals surface area contributed by atoms with E-state index in [0.29, 0.717) is 50.9 Å². The molecule has 4 aromatic rings. The van der Waals surface area contributed by atoms with E-state index in [4.69, 9.17) is 19.3 Å². The van der Waals surface area contributed by atoms with Crippen molar-refractivity contribution in [2.24, 2.45) is 0 Å². The Morgan fingerprint density at radius 1 is 0.444 bits per heavy atom. The number of hydrogen-bond donors (Lipinski definition) is 4. The van der Waals surface area contributed by atoms with Crippen LogP contribution in [0.1, 0.15) is 134 Å². The van der Waals surface area contributed by atoms with E-state index in [1.54, 1.807) is 92.6 Å². The van der Waals surface area contributed by atoms with Crippen molar-refractivity contribution in [3.05, 3.63) is 106 Å². The van der Waals surface area contributed by atoms with E-state index in [1.807, 2.05) is 44.2 Å². The van der Waals surface area contributed by atoms with Crippen LogP contribution in [0.4, 0.5) is 37.1 Å². The first-order valence-corrected chi connectivity index (χ1v) is 29.8. The van der Waals surface area contributed by atoms with Crippen LogP contribution in [0.2, 0.25) is 0 Å². The number of phenolic OH excluding ortho intramolecular Hbond substituents is 2. The van der Waals surface area contributed by atoms with Crippen LogP contribution in [-0.2, 0) is 87.8 Å². The molecule has 3 atom stereocenters. The summed E-state index contributed by atoms with van der Waals surface area (Å²) >= 11 is 3.12. The maximum Gasteiger partial charge on any atom is 0.424 e. The SMILES string of the molecule is CC(C)(C)OC(=O)N1C(=O)CCC(Br)C1=O.CC(C)(C)OC(=O)N1C(=O)CCC(N2C(=O)Cc3cc(O)ccc32)C1=O.Cc1ccc2c(c1)CC(=O)N2C1CCC(=O)N(C(=O)OC(C)(C)C)C1=O.Cc1ccc2c(c1)NC(=O)C2.O=C1Cc2ccc(O)cc2N1. The van der Waals surface area contributed by atoms with Crippen molar-refractivity contribution in [1.82, 2.24) is 14.7 Å². The Morgan fingerprint density at radius 3 is 1.26 bits per heavy atom. The fourth-order valence-electron chi connectivity index (χ4n) is 10.3. The largest absolute Gasteiger partial charge is 0.508 e. The molecule has 7 aliphatic rings. The molecule has 478 valence electrons. The number of piperidine rings is 3. The molecule has 7 heterocycles. The van der Waals surface area contributed by atoms with Gasteiger partial charge in [-0.1, -0.05) is 51.8 Å². The summed E-state index contributed by atoms with van der Waals surface area (Å²) in [6.07, 6.45) is -0.848. The minimum Gasteiger partial charge on any atom is -0.508 e. The normalized spacial score (nSPS) is 19.3. The van der Waals surface area contributed by atoms with Crippen LogP contribution in [0.25, 0.3) is 0 Å². The van der Waals surface area contributed by atoms with Crippen LogP contribution in [0.3, 0.4) is 0 Å². The van der Waals surface area contributed by atoms with Crippen molar-refractivity contribution in [2.45, 2.75) is 174 Å². The second kappa shape index (κ2) is 27.2. The van der Waals surface area contributed by atoms with E-state index in [9.17, 15) is 67.4 Å². The van der Waals surface area contributed by atoms with Crippen molar-refractivity contribution in [3.8, 4) is 11.5 Å². The number of imide groups is 9. The second-order valence-corrected chi connectivity index (χ2v) is 26.1. The highest BCUT2D eigenvalue weighted by atomic mass is 79.9. The molecule has 90 heavy (non-hydrogen) atoms. The van der Waals surface area contributed by atoms with Crippen molar-refractivity contribution in [3.63, 3.8) is 0 Å². The van der Waals surface area contributed by atoms with Gasteiger partial charge in [0, 0.05) is 48.1 Å². The van der Waals surface area contributed by atoms with Crippen LogP contribution < -0.4 is 20.4 Å². The molecule has 0 spiro atoms. The lowest BCUT2D eigenvalue weighted by Crippen LogP contribution is -2.58. The Kier molecular flexibility index (Phi) is 20.6. The monoisotopic (exact) mass is 1310 g/mol. The molecule has 26 heteroatoms. The van der Waals surface area contributed by atoms with Gasteiger partial charge in [-0.25, -0.2) is 14.4 Å². The number of benzene rings is 4. The minimum absolute atomic E-state index is 0.000619. The van der Waals surface area contributed by atoms with Crippen LogP contribution in [-0.4, -0.2) is 136 Å². The number of rotatable bonds is 2. The molecular formula is C64H72BrN7O18. The molecule has 11 rings (SSSR count). The van der Waals surface area contributed by atoms with E-state index in [2.05, 4.69) is 26.6 Å². The predicted octanol–water partition coefficient (Wildman–Crippen LogP) is 8.28. The number of amides is 13. The van der Waals surface area contributed by atoms with E-state index >= 15 is 0 Å². The number of nitrogens with one attached hydrogen (secondary N) is 2. The fraction of sp³-hybridized carbons (Fsp3) is 0.422. The Hall–Kier alpha value is -9.33. The molecule has 7 aliphatic heterocycles. The first kappa shape index (κ1) is 68.2. The molecule has 4 N–H and O–H groups in total. The average molecular weight is 1310 g/mol. The summed E-state index contributed by atoms with van der Waals surface area (Å²) in [6.45, 7) is 18.8. The first-order chi connectivity index (χ1) is 41.9. The number of phenols is 2. The van der Waals surface area contributed by atoms with Gasteiger partial charge in [0.15, 0.2) is 0 Å². The van der Waals surface area contributed by atoms with Gasteiger partial charge in [0.1, 0.15) is 40.4 Å². The number of hydrogen-bond acceptors (Lipinski definition) is 18. The van der Waals surface area contributed by atoms with Gasteiger partial charge in [0.2, 0.25) is 41.4 Å². The number of alkyl halides is 1. The quantitative estimate of drug-likeness (QED) is 0.0833. The molecule has 3 saturated heterocycles. The molecule has 3 unspecified atom stereocenters. The van der Waals surface area contributed by atoms with Gasteiger partial charge in [-0.3, -0.25) is 57.7 Å². The number of anilines is 4. The maximum absolute atomic E-state index is 12.9. The summed E-state index contributed by atoms with van der Waals surface area (Å²) in [5, 5.41) is 24.0. The van der Waals surface area contributed by atoms with Crippen molar-refractivity contribution in [1.29, 1.82) is 0 Å². The number of carbonyl (C=O) groups excluding carboxylic acids is 13.